The number of aromatic nitrogens is 3. The van der Waals surface area contributed by atoms with E-state index in [2.05, 4.69) is 4.98 Å². The minimum Gasteiger partial charge on any atom is -0.477 e. The highest BCUT2D eigenvalue weighted by Gasteiger charge is 2.49. The van der Waals surface area contributed by atoms with E-state index in [1.54, 1.807) is 6.20 Å². The van der Waals surface area contributed by atoms with Crippen LogP contribution in [0.4, 0.5) is 0 Å². The first-order valence-corrected chi connectivity index (χ1v) is 11.3. The number of imidazole rings is 1. The molecular weight excluding hydrogens is 426 g/mol. The maximum atomic E-state index is 11.8. The predicted octanol–water partition coefficient (Wildman–Crippen LogP) is 5.54. The number of pyridine rings is 1. The van der Waals surface area contributed by atoms with Crippen LogP contribution >= 0.6 is 11.6 Å². The average Bonchev–Trinajstić information content (AvgIpc) is 3.13. The van der Waals surface area contributed by atoms with Gasteiger partial charge in [-0.2, -0.15) is 0 Å². The van der Waals surface area contributed by atoms with Gasteiger partial charge in [0.2, 0.25) is 5.88 Å². The number of ether oxygens (including phenoxy) is 2. The summed E-state index contributed by atoms with van der Waals surface area (Å²) in [5.41, 5.74) is 0.0921. The average molecular weight is 456 g/mol. The van der Waals surface area contributed by atoms with Crippen LogP contribution in [0, 0.1) is 0 Å². The van der Waals surface area contributed by atoms with Crippen molar-refractivity contribution in [3.63, 3.8) is 0 Å². The molecule has 0 saturated carbocycles. The Kier molecular flexibility index (Phi) is 5.82. The second-order valence-corrected chi connectivity index (χ2v) is 10.0. The van der Waals surface area contributed by atoms with Gasteiger partial charge in [-0.15, -0.1) is 0 Å². The monoisotopic (exact) mass is 455 g/mol. The number of halogens is 1. The molecule has 1 aromatic carbocycles. The first kappa shape index (κ1) is 22.8. The van der Waals surface area contributed by atoms with Gasteiger partial charge in [-0.1, -0.05) is 11.6 Å². The Morgan fingerprint density at radius 2 is 1.75 bits per heavy atom. The minimum absolute atomic E-state index is 0.436. The lowest BCUT2D eigenvalue weighted by molar-refractivity contribution is -0.224. The highest BCUT2D eigenvalue weighted by Crippen LogP contribution is 2.46. The summed E-state index contributed by atoms with van der Waals surface area (Å²) >= 11 is 6.13. The van der Waals surface area contributed by atoms with E-state index in [4.69, 9.17) is 26.1 Å². The first-order valence-electron chi connectivity index (χ1n) is 10.9. The molecular formula is C25H30ClN3O3. The standard InChI is InChI=1S/C25H30ClN3O3/c1-6-31-22-19(8-7-13-27-22)21-28-20(14-29(21)18-11-9-17(26)10-12-18)25(30)15-23(2,3)32-24(4,5)16-25/h7-14,30H,6,15-16H2,1-5H3. The summed E-state index contributed by atoms with van der Waals surface area (Å²) < 4.78 is 13.9. The lowest BCUT2D eigenvalue weighted by Gasteiger charge is -2.49. The van der Waals surface area contributed by atoms with Crippen LogP contribution in [-0.4, -0.2) is 37.5 Å². The number of hydrogen-bond donors (Lipinski definition) is 1. The fourth-order valence-electron chi connectivity index (χ4n) is 4.88. The van der Waals surface area contributed by atoms with Gasteiger partial charge in [0.05, 0.1) is 29.1 Å². The van der Waals surface area contributed by atoms with Crippen molar-refractivity contribution in [2.24, 2.45) is 0 Å². The van der Waals surface area contributed by atoms with Crippen molar-refractivity contribution in [1.82, 2.24) is 14.5 Å². The first-order chi connectivity index (χ1) is 15.0. The number of aliphatic hydroxyl groups is 1. The maximum absolute atomic E-state index is 11.8. The van der Waals surface area contributed by atoms with Gasteiger partial charge in [-0.3, -0.25) is 4.57 Å². The summed E-state index contributed by atoms with van der Waals surface area (Å²) in [5, 5.41) is 12.5. The molecule has 7 heteroatoms. The lowest BCUT2D eigenvalue weighted by atomic mass is 9.76. The van der Waals surface area contributed by atoms with Gasteiger partial charge in [0, 0.05) is 35.9 Å². The molecule has 32 heavy (non-hydrogen) atoms. The molecule has 1 fully saturated rings. The van der Waals surface area contributed by atoms with Gasteiger partial charge in [-0.25, -0.2) is 9.97 Å². The second-order valence-electron chi connectivity index (χ2n) is 9.59. The summed E-state index contributed by atoms with van der Waals surface area (Å²) in [4.78, 5) is 9.35. The summed E-state index contributed by atoms with van der Waals surface area (Å²) in [7, 11) is 0. The third kappa shape index (κ3) is 4.53. The molecule has 0 unspecified atom stereocenters. The summed E-state index contributed by atoms with van der Waals surface area (Å²) in [6, 6.07) is 11.3. The Hall–Kier alpha value is -2.41. The summed E-state index contributed by atoms with van der Waals surface area (Å²) in [6.45, 7) is 10.4. The van der Waals surface area contributed by atoms with Gasteiger partial charge < -0.3 is 14.6 Å². The fraction of sp³-hybridized carbons (Fsp3) is 0.440. The van der Waals surface area contributed by atoms with Crippen molar-refractivity contribution < 1.29 is 14.6 Å². The fourth-order valence-corrected chi connectivity index (χ4v) is 5.00. The number of hydrogen-bond acceptors (Lipinski definition) is 5. The zero-order valence-corrected chi connectivity index (χ0v) is 20.0. The smallest absolute Gasteiger partial charge is 0.224 e. The Labute approximate surface area is 194 Å². The number of rotatable bonds is 5. The van der Waals surface area contributed by atoms with Crippen molar-refractivity contribution in [1.29, 1.82) is 0 Å². The molecule has 0 atom stereocenters. The summed E-state index contributed by atoms with van der Waals surface area (Å²) in [5.74, 6) is 1.15. The molecule has 0 bridgehead atoms. The Morgan fingerprint density at radius 1 is 1.09 bits per heavy atom. The highest BCUT2D eigenvalue weighted by atomic mass is 35.5. The topological polar surface area (TPSA) is 69.4 Å². The zero-order valence-electron chi connectivity index (χ0n) is 19.2. The molecule has 0 aliphatic carbocycles. The van der Waals surface area contributed by atoms with E-state index in [0.29, 0.717) is 41.9 Å². The van der Waals surface area contributed by atoms with Crippen molar-refractivity contribution >= 4 is 11.6 Å². The Bertz CT molecular complexity index is 1090. The molecule has 4 rings (SSSR count). The molecule has 1 aliphatic rings. The van der Waals surface area contributed by atoms with E-state index in [-0.39, 0.29) is 0 Å². The largest absolute Gasteiger partial charge is 0.477 e. The van der Waals surface area contributed by atoms with Crippen LogP contribution in [0.5, 0.6) is 5.88 Å². The van der Waals surface area contributed by atoms with E-state index in [1.807, 2.05) is 81.8 Å². The van der Waals surface area contributed by atoms with Gasteiger partial charge in [0.25, 0.3) is 0 Å². The normalized spacial score (nSPS) is 19.0. The predicted molar refractivity (Wildman–Crippen MR) is 125 cm³/mol. The van der Waals surface area contributed by atoms with Crippen molar-refractivity contribution in [2.45, 2.75) is 64.3 Å². The molecule has 1 aliphatic heterocycles. The van der Waals surface area contributed by atoms with Crippen molar-refractivity contribution in [3.05, 3.63) is 59.5 Å². The van der Waals surface area contributed by atoms with Crippen LogP contribution < -0.4 is 4.74 Å². The van der Waals surface area contributed by atoms with E-state index in [0.717, 1.165) is 11.3 Å². The Balaban J connectivity index is 1.90. The molecule has 1 N–H and O–H groups in total. The van der Waals surface area contributed by atoms with E-state index >= 15 is 0 Å². The minimum atomic E-state index is -1.15. The van der Waals surface area contributed by atoms with Crippen molar-refractivity contribution in [3.8, 4) is 23.0 Å². The van der Waals surface area contributed by atoms with E-state index < -0.39 is 16.8 Å². The quantitative estimate of drug-likeness (QED) is 0.546. The molecule has 6 nitrogen and oxygen atoms in total. The van der Waals surface area contributed by atoms with Crippen LogP contribution in [0.3, 0.4) is 0 Å². The molecule has 0 amide bonds. The van der Waals surface area contributed by atoms with Crippen LogP contribution in [0.15, 0.2) is 48.8 Å². The molecule has 3 heterocycles. The van der Waals surface area contributed by atoms with Crippen molar-refractivity contribution in [2.75, 3.05) is 6.61 Å². The van der Waals surface area contributed by atoms with E-state index in [1.165, 1.54) is 0 Å². The molecule has 2 aromatic heterocycles. The molecule has 0 spiro atoms. The van der Waals surface area contributed by atoms with Gasteiger partial charge >= 0.3 is 0 Å². The van der Waals surface area contributed by atoms with E-state index in [9.17, 15) is 5.11 Å². The SMILES string of the molecule is CCOc1ncccc1-c1nc(C2(O)CC(C)(C)OC(C)(C)C2)cn1-c1ccc(Cl)cc1. The zero-order chi connectivity index (χ0) is 23.1. The number of benzene rings is 1. The van der Waals surface area contributed by atoms with Gasteiger partial charge in [0.1, 0.15) is 11.4 Å². The van der Waals surface area contributed by atoms with Gasteiger partial charge in [-0.05, 0) is 71.0 Å². The van der Waals surface area contributed by atoms with Crippen LogP contribution in [0.1, 0.15) is 53.2 Å². The Morgan fingerprint density at radius 3 is 2.38 bits per heavy atom. The molecule has 1 saturated heterocycles. The molecule has 170 valence electrons. The lowest BCUT2D eigenvalue weighted by Crippen LogP contribution is -2.52. The van der Waals surface area contributed by atoms with Crippen LogP contribution in [-0.2, 0) is 10.3 Å². The van der Waals surface area contributed by atoms with Crippen LogP contribution in [0.25, 0.3) is 17.1 Å². The number of nitrogens with zero attached hydrogens (tertiary/aromatic N) is 3. The highest BCUT2D eigenvalue weighted by molar-refractivity contribution is 6.30. The summed E-state index contributed by atoms with van der Waals surface area (Å²) in [6.07, 6.45) is 4.47. The van der Waals surface area contributed by atoms with Gasteiger partial charge in [0.15, 0.2) is 0 Å². The molecule has 3 aromatic rings. The maximum Gasteiger partial charge on any atom is 0.224 e. The second kappa shape index (κ2) is 8.18. The third-order valence-corrected chi connectivity index (χ3v) is 5.82. The molecule has 0 radical (unpaired) electrons. The third-order valence-electron chi connectivity index (χ3n) is 5.57. The van der Waals surface area contributed by atoms with Crippen LogP contribution in [0.2, 0.25) is 5.02 Å².